The van der Waals surface area contributed by atoms with Gasteiger partial charge in [0.05, 0.1) is 7.11 Å². The molecule has 0 radical (unpaired) electrons. The summed E-state index contributed by atoms with van der Waals surface area (Å²) >= 11 is 0. The second-order valence-corrected chi connectivity index (χ2v) is 7.36. The topological polar surface area (TPSA) is 125 Å². The highest BCUT2D eigenvalue weighted by Gasteiger charge is 2.23. The number of phenolic OH excluding ortho intramolecular Hbond substituents is 1. The largest absolute Gasteiger partial charge is 0.504 e. The van der Waals surface area contributed by atoms with Gasteiger partial charge in [-0.1, -0.05) is 54.6 Å². The molecule has 0 bridgehead atoms. The first-order chi connectivity index (χ1) is 16.4. The highest BCUT2D eigenvalue weighted by molar-refractivity contribution is 6.06. The lowest BCUT2D eigenvalue weighted by Gasteiger charge is -2.17. The molecule has 0 aromatic heterocycles. The molecule has 8 heteroatoms. The number of benzene rings is 3. The van der Waals surface area contributed by atoms with Gasteiger partial charge in [-0.15, -0.1) is 0 Å². The lowest BCUT2D eigenvalue weighted by molar-refractivity contribution is -0.141. The zero-order valence-corrected chi connectivity index (χ0v) is 18.4. The average molecular weight is 460 g/mol. The monoisotopic (exact) mass is 460 g/mol. The van der Waals surface area contributed by atoms with Crippen LogP contribution < -0.4 is 15.4 Å². The molecule has 0 aliphatic rings. The van der Waals surface area contributed by atoms with E-state index in [1.165, 1.54) is 25.3 Å². The third-order valence-electron chi connectivity index (χ3n) is 4.93. The highest BCUT2D eigenvalue weighted by Crippen LogP contribution is 2.27. The number of hydrogen-bond donors (Lipinski definition) is 4. The predicted molar refractivity (Wildman–Crippen MR) is 126 cm³/mol. The van der Waals surface area contributed by atoms with Crippen LogP contribution in [-0.2, 0) is 16.0 Å². The summed E-state index contributed by atoms with van der Waals surface area (Å²) in [5.74, 6) is -2.46. The fraction of sp³-hybridized carbons (Fsp3) is 0.115. The van der Waals surface area contributed by atoms with Crippen molar-refractivity contribution in [3.8, 4) is 11.5 Å². The van der Waals surface area contributed by atoms with Gasteiger partial charge >= 0.3 is 5.97 Å². The number of aromatic hydroxyl groups is 1. The number of aliphatic carboxylic acids is 1. The quantitative estimate of drug-likeness (QED) is 0.364. The Hall–Kier alpha value is -4.59. The van der Waals surface area contributed by atoms with Crippen molar-refractivity contribution >= 4 is 23.9 Å². The lowest BCUT2D eigenvalue weighted by Crippen LogP contribution is -2.45. The molecule has 0 fully saturated rings. The number of carbonyl (C=O) groups excluding carboxylic acids is 2. The van der Waals surface area contributed by atoms with Crippen LogP contribution in [0.25, 0.3) is 6.08 Å². The number of carbonyl (C=O) groups is 3. The third kappa shape index (κ3) is 6.46. The molecule has 0 aliphatic carbocycles. The fourth-order valence-electron chi connectivity index (χ4n) is 3.19. The van der Waals surface area contributed by atoms with Gasteiger partial charge in [-0.3, -0.25) is 9.59 Å². The molecule has 1 atom stereocenters. The summed E-state index contributed by atoms with van der Waals surface area (Å²) < 4.78 is 5.03. The van der Waals surface area contributed by atoms with Gasteiger partial charge in [0.25, 0.3) is 11.8 Å². The van der Waals surface area contributed by atoms with Crippen molar-refractivity contribution in [2.45, 2.75) is 12.5 Å². The maximum absolute atomic E-state index is 13.1. The maximum atomic E-state index is 13.1. The van der Waals surface area contributed by atoms with E-state index in [-0.39, 0.29) is 23.6 Å². The Labute approximate surface area is 196 Å². The van der Waals surface area contributed by atoms with Gasteiger partial charge < -0.3 is 25.6 Å². The van der Waals surface area contributed by atoms with Crippen molar-refractivity contribution < 1.29 is 29.3 Å². The van der Waals surface area contributed by atoms with Gasteiger partial charge in [0.15, 0.2) is 11.5 Å². The van der Waals surface area contributed by atoms with Crippen LogP contribution in [0.1, 0.15) is 21.5 Å². The van der Waals surface area contributed by atoms with Crippen LogP contribution in [0.3, 0.4) is 0 Å². The normalized spacial score (nSPS) is 11.9. The van der Waals surface area contributed by atoms with Crippen LogP contribution in [0.2, 0.25) is 0 Å². The lowest BCUT2D eigenvalue weighted by atomic mass is 10.1. The number of hydrogen-bond acceptors (Lipinski definition) is 5. The minimum Gasteiger partial charge on any atom is -0.504 e. The molecule has 8 nitrogen and oxygen atoms in total. The van der Waals surface area contributed by atoms with Crippen molar-refractivity contribution in [2.75, 3.05) is 7.11 Å². The fourth-order valence-corrected chi connectivity index (χ4v) is 3.19. The van der Waals surface area contributed by atoms with E-state index in [9.17, 15) is 24.6 Å². The molecule has 2 amide bonds. The summed E-state index contributed by atoms with van der Waals surface area (Å²) in [6.07, 6.45) is 1.40. The second kappa shape index (κ2) is 11.3. The second-order valence-electron chi connectivity index (χ2n) is 7.36. The van der Waals surface area contributed by atoms with Crippen molar-refractivity contribution in [3.63, 3.8) is 0 Å². The number of carboxylic acid groups (broad SMARTS) is 1. The Morgan fingerprint density at radius 2 is 1.62 bits per heavy atom. The number of methoxy groups -OCH3 is 1. The molecule has 0 saturated heterocycles. The van der Waals surface area contributed by atoms with E-state index in [4.69, 9.17) is 4.74 Å². The Morgan fingerprint density at radius 3 is 2.21 bits per heavy atom. The molecule has 0 heterocycles. The summed E-state index contributed by atoms with van der Waals surface area (Å²) in [7, 11) is 1.41. The first-order valence-electron chi connectivity index (χ1n) is 10.4. The van der Waals surface area contributed by atoms with Gasteiger partial charge in [-0.2, -0.15) is 0 Å². The van der Waals surface area contributed by atoms with Crippen LogP contribution in [0.15, 0.2) is 84.6 Å². The predicted octanol–water partition coefficient (Wildman–Crippen LogP) is 2.98. The van der Waals surface area contributed by atoms with Gasteiger partial charge in [0.2, 0.25) is 0 Å². The van der Waals surface area contributed by atoms with Crippen molar-refractivity contribution in [1.82, 2.24) is 10.6 Å². The van der Waals surface area contributed by atoms with E-state index >= 15 is 0 Å². The molecule has 4 N–H and O–H groups in total. The standard InChI is InChI=1S/C26H24N2O6/c1-34-23-13-12-18(16-22(23)29)15-20(27-24(30)19-10-6-3-7-11-19)25(31)28-21(26(32)33)14-17-8-4-2-5-9-17/h2-13,15-16,21,29H,14H2,1H3,(H,27,30)(H,28,31)(H,32,33)/b20-15-. The smallest absolute Gasteiger partial charge is 0.326 e. The SMILES string of the molecule is COc1ccc(/C=C(\NC(=O)c2ccccc2)C(=O)NC(Cc2ccccc2)C(=O)O)cc1O. The van der Waals surface area contributed by atoms with E-state index < -0.39 is 23.8 Å². The van der Waals surface area contributed by atoms with E-state index in [2.05, 4.69) is 10.6 Å². The third-order valence-corrected chi connectivity index (χ3v) is 4.93. The van der Waals surface area contributed by atoms with E-state index in [1.807, 2.05) is 6.07 Å². The summed E-state index contributed by atoms with van der Waals surface area (Å²) in [4.78, 5) is 37.6. The van der Waals surface area contributed by atoms with Crippen LogP contribution in [0.5, 0.6) is 11.5 Å². The van der Waals surface area contributed by atoms with Gasteiger partial charge in [-0.25, -0.2) is 4.79 Å². The van der Waals surface area contributed by atoms with Crippen LogP contribution in [0.4, 0.5) is 0 Å². The molecule has 3 aromatic rings. The molecule has 34 heavy (non-hydrogen) atoms. The maximum Gasteiger partial charge on any atom is 0.326 e. The van der Waals surface area contributed by atoms with Crippen LogP contribution in [-0.4, -0.2) is 41.1 Å². The number of nitrogens with one attached hydrogen (secondary N) is 2. The summed E-state index contributed by atoms with van der Waals surface area (Å²) in [6.45, 7) is 0. The Kier molecular flexibility index (Phi) is 8.02. The molecule has 3 rings (SSSR count). The van der Waals surface area contributed by atoms with Crippen molar-refractivity contribution in [1.29, 1.82) is 0 Å². The van der Waals surface area contributed by atoms with Crippen LogP contribution >= 0.6 is 0 Å². The number of phenols is 1. The molecule has 0 aliphatic heterocycles. The minimum atomic E-state index is -1.23. The zero-order chi connectivity index (χ0) is 24.5. The van der Waals surface area contributed by atoms with Gasteiger partial charge in [0, 0.05) is 12.0 Å². The summed E-state index contributed by atoms with van der Waals surface area (Å²) in [5.41, 5.74) is 1.26. The first kappa shape index (κ1) is 24.1. The minimum absolute atomic E-state index is 0.0607. The van der Waals surface area contributed by atoms with Crippen LogP contribution in [0, 0.1) is 0 Å². The molecule has 0 saturated carbocycles. The van der Waals surface area contributed by atoms with Gasteiger partial charge in [-0.05, 0) is 41.5 Å². The van der Waals surface area contributed by atoms with Crippen molar-refractivity contribution in [3.05, 3.63) is 101 Å². The molecule has 1 unspecified atom stereocenters. The Morgan fingerprint density at radius 1 is 0.971 bits per heavy atom. The van der Waals surface area contributed by atoms with Crippen molar-refractivity contribution in [2.24, 2.45) is 0 Å². The van der Waals surface area contributed by atoms with E-state index in [1.54, 1.807) is 60.7 Å². The highest BCUT2D eigenvalue weighted by atomic mass is 16.5. The summed E-state index contributed by atoms with van der Waals surface area (Å²) in [5, 5.41) is 24.7. The number of amides is 2. The average Bonchev–Trinajstić information content (AvgIpc) is 2.84. The molecule has 0 spiro atoms. The first-order valence-corrected chi connectivity index (χ1v) is 10.4. The van der Waals surface area contributed by atoms with Gasteiger partial charge in [0.1, 0.15) is 11.7 Å². The number of ether oxygens (including phenoxy) is 1. The Balaban J connectivity index is 1.89. The molecular weight excluding hydrogens is 436 g/mol. The number of rotatable bonds is 9. The van der Waals surface area contributed by atoms with E-state index in [0.29, 0.717) is 11.1 Å². The number of carboxylic acids is 1. The molecule has 3 aromatic carbocycles. The van der Waals surface area contributed by atoms with E-state index in [0.717, 1.165) is 5.56 Å². The molecule has 174 valence electrons. The molecular formula is C26H24N2O6. The zero-order valence-electron chi connectivity index (χ0n) is 18.4. The summed E-state index contributed by atoms with van der Waals surface area (Å²) in [6, 6.07) is 20.4. The Bertz CT molecular complexity index is 1190.